The molecular weight excluding hydrogens is 412 g/mol. The Bertz CT molecular complexity index is 1150. The second-order valence-corrected chi connectivity index (χ2v) is 8.27. The van der Waals surface area contributed by atoms with Crippen molar-refractivity contribution in [3.05, 3.63) is 71.5 Å². The Labute approximate surface area is 173 Å². The molecule has 29 heavy (non-hydrogen) atoms. The molecule has 3 rings (SSSR count). The van der Waals surface area contributed by atoms with Gasteiger partial charge in [-0.3, -0.25) is 14.8 Å². The van der Waals surface area contributed by atoms with E-state index in [0.29, 0.717) is 17.0 Å². The summed E-state index contributed by atoms with van der Waals surface area (Å²) in [6.07, 6.45) is 0. The third-order valence-corrected chi connectivity index (χ3v) is 5.48. The molecule has 0 unspecified atom stereocenters. The van der Waals surface area contributed by atoms with Crippen molar-refractivity contribution in [3.63, 3.8) is 0 Å². The highest BCUT2D eigenvalue weighted by Crippen LogP contribution is 2.18. The van der Waals surface area contributed by atoms with Gasteiger partial charge in [0.2, 0.25) is 0 Å². The molecule has 2 aromatic carbocycles. The predicted octanol–water partition coefficient (Wildman–Crippen LogP) is 3.22. The summed E-state index contributed by atoms with van der Waals surface area (Å²) >= 11 is 5.16. The lowest BCUT2D eigenvalue weighted by atomic mass is 10.1. The molecule has 0 saturated carbocycles. The van der Waals surface area contributed by atoms with E-state index >= 15 is 0 Å². The van der Waals surface area contributed by atoms with Crippen LogP contribution < -0.4 is 15.4 Å². The first-order valence-corrected chi connectivity index (χ1v) is 10.4. The number of hydrogen-bond acceptors (Lipinski definition) is 6. The second kappa shape index (κ2) is 8.41. The van der Waals surface area contributed by atoms with Crippen LogP contribution in [0, 0.1) is 13.8 Å². The van der Waals surface area contributed by atoms with Crippen LogP contribution in [0.3, 0.4) is 0 Å². The van der Waals surface area contributed by atoms with Gasteiger partial charge in [0.1, 0.15) is 5.76 Å². The molecule has 0 fully saturated rings. The molecule has 0 radical (unpaired) electrons. The zero-order valence-electron chi connectivity index (χ0n) is 15.6. The number of aromatic nitrogens is 1. The Morgan fingerprint density at radius 2 is 1.76 bits per heavy atom. The minimum atomic E-state index is -3.81. The van der Waals surface area contributed by atoms with E-state index in [4.69, 9.17) is 16.7 Å². The zero-order valence-corrected chi connectivity index (χ0v) is 17.2. The summed E-state index contributed by atoms with van der Waals surface area (Å²) in [5.41, 5.74) is 1.88. The van der Waals surface area contributed by atoms with Crippen LogP contribution in [0.25, 0.3) is 0 Å². The topological polar surface area (TPSA) is 113 Å². The van der Waals surface area contributed by atoms with Crippen LogP contribution in [0.5, 0.6) is 0 Å². The highest BCUT2D eigenvalue weighted by molar-refractivity contribution is 7.92. The SMILES string of the molecule is Cc1cc(NS(=O)(=O)c2ccc(NC(=S)NC(=O)c3ccccc3C)cc2)no1. The zero-order chi connectivity index (χ0) is 21.0. The maximum absolute atomic E-state index is 12.4. The van der Waals surface area contributed by atoms with Gasteiger partial charge in [0.25, 0.3) is 15.9 Å². The molecule has 3 N–H and O–H groups in total. The number of carbonyl (C=O) groups is 1. The Hall–Kier alpha value is -3.24. The van der Waals surface area contributed by atoms with Gasteiger partial charge in [-0.05, 0) is 62.0 Å². The first kappa shape index (κ1) is 20.5. The van der Waals surface area contributed by atoms with Crippen molar-refractivity contribution in [2.24, 2.45) is 0 Å². The quantitative estimate of drug-likeness (QED) is 0.533. The maximum Gasteiger partial charge on any atom is 0.263 e. The van der Waals surface area contributed by atoms with Crippen molar-refractivity contribution in [1.82, 2.24) is 10.5 Å². The van der Waals surface area contributed by atoms with Crippen LogP contribution in [0.2, 0.25) is 0 Å². The largest absolute Gasteiger partial charge is 0.360 e. The van der Waals surface area contributed by atoms with Crippen molar-refractivity contribution < 1.29 is 17.7 Å². The van der Waals surface area contributed by atoms with E-state index in [9.17, 15) is 13.2 Å². The van der Waals surface area contributed by atoms with Gasteiger partial charge < -0.3 is 9.84 Å². The number of carbonyl (C=O) groups excluding carboxylic acids is 1. The monoisotopic (exact) mass is 430 g/mol. The van der Waals surface area contributed by atoms with E-state index in [0.717, 1.165) is 5.56 Å². The van der Waals surface area contributed by atoms with Gasteiger partial charge in [-0.2, -0.15) is 0 Å². The van der Waals surface area contributed by atoms with Crippen molar-refractivity contribution in [2.45, 2.75) is 18.7 Å². The molecule has 0 bridgehead atoms. The van der Waals surface area contributed by atoms with E-state index in [2.05, 4.69) is 20.5 Å². The normalized spacial score (nSPS) is 11.0. The number of rotatable bonds is 5. The fourth-order valence-electron chi connectivity index (χ4n) is 2.49. The summed E-state index contributed by atoms with van der Waals surface area (Å²) < 4.78 is 31.9. The highest BCUT2D eigenvalue weighted by Gasteiger charge is 2.16. The molecule has 150 valence electrons. The molecule has 0 spiro atoms. The Morgan fingerprint density at radius 1 is 1.07 bits per heavy atom. The van der Waals surface area contributed by atoms with Crippen molar-refractivity contribution >= 4 is 44.8 Å². The van der Waals surface area contributed by atoms with Gasteiger partial charge in [0.15, 0.2) is 10.9 Å². The third-order valence-electron chi connectivity index (χ3n) is 3.91. The van der Waals surface area contributed by atoms with E-state index in [-0.39, 0.29) is 21.7 Å². The maximum atomic E-state index is 12.4. The fraction of sp³-hybridized carbons (Fsp3) is 0.105. The third kappa shape index (κ3) is 5.18. The van der Waals surface area contributed by atoms with E-state index in [1.54, 1.807) is 19.1 Å². The lowest BCUT2D eigenvalue weighted by Crippen LogP contribution is -2.34. The molecule has 1 heterocycles. The van der Waals surface area contributed by atoms with Crippen LogP contribution in [0.4, 0.5) is 11.5 Å². The Morgan fingerprint density at radius 3 is 2.38 bits per heavy atom. The lowest BCUT2D eigenvalue weighted by Gasteiger charge is -2.11. The molecule has 0 aliphatic rings. The summed E-state index contributed by atoms with van der Waals surface area (Å²) in [6.45, 7) is 3.49. The van der Waals surface area contributed by atoms with Crippen LogP contribution in [0.1, 0.15) is 21.7 Å². The van der Waals surface area contributed by atoms with E-state index < -0.39 is 10.0 Å². The Kier molecular flexibility index (Phi) is 5.95. The van der Waals surface area contributed by atoms with E-state index in [1.807, 2.05) is 19.1 Å². The smallest absolute Gasteiger partial charge is 0.263 e. The highest BCUT2D eigenvalue weighted by atomic mass is 32.2. The first-order chi connectivity index (χ1) is 13.7. The van der Waals surface area contributed by atoms with Gasteiger partial charge in [-0.15, -0.1) is 0 Å². The summed E-state index contributed by atoms with van der Waals surface area (Å²) in [5.74, 6) is 0.264. The van der Waals surface area contributed by atoms with Gasteiger partial charge in [-0.1, -0.05) is 23.4 Å². The molecule has 0 aliphatic carbocycles. The molecule has 8 nitrogen and oxygen atoms in total. The number of anilines is 2. The number of nitrogens with zero attached hydrogens (tertiary/aromatic N) is 1. The van der Waals surface area contributed by atoms with Crippen molar-refractivity contribution in [1.29, 1.82) is 0 Å². The van der Waals surface area contributed by atoms with Crippen molar-refractivity contribution in [3.8, 4) is 0 Å². The molecule has 0 aliphatic heterocycles. The van der Waals surface area contributed by atoms with Crippen molar-refractivity contribution in [2.75, 3.05) is 10.0 Å². The van der Waals surface area contributed by atoms with Crippen LogP contribution in [0.15, 0.2) is 64.0 Å². The average Bonchev–Trinajstić information content (AvgIpc) is 3.06. The molecule has 1 amide bonds. The molecule has 1 aromatic heterocycles. The molecule has 0 saturated heterocycles. The molecule has 0 atom stereocenters. The van der Waals surface area contributed by atoms with Crippen LogP contribution in [-0.2, 0) is 10.0 Å². The van der Waals surface area contributed by atoms with Crippen LogP contribution in [-0.4, -0.2) is 24.6 Å². The number of aryl methyl sites for hydroxylation is 2. The van der Waals surface area contributed by atoms with Gasteiger partial charge in [0.05, 0.1) is 4.90 Å². The van der Waals surface area contributed by atoms with E-state index in [1.165, 1.54) is 30.3 Å². The second-order valence-electron chi connectivity index (χ2n) is 6.18. The molecule has 10 heteroatoms. The predicted molar refractivity (Wildman–Crippen MR) is 113 cm³/mol. The first-order valence-electron chi connectivity index (χ1n) is 8.49. The summed E-state index contributed by atoms with van der Waals surface area (Å²) in [6, 6.07) is 14.5. The van der Waals surface area contributed by atoms with Gasteiger partial charge in [0, 0.05) is 17.3 Å². The molecular formula is C19H18N4O4S2. The number of amides is 1. The lowest BCUT2D eigenvalue weighted by molar-refractivity contribution is 0.0977. The average molecular weight is 431 g/mol. The minimum Gasteiger partial charge on any atom is -0.360 e. The summed E-state index contributed by atoms with van der Waals surface area (Å²) in [4.78, 5) is 12.3. The number of sulfonamides is 1. The fourth-order valence-corrected chi connectivity index (χ4v) is 3.68. The number of nitrogens with one attached hydrogen (secondary N) is 3. The minimum absolute atomic E-state index is 0.0403. The number of thiocarbonyl (C=S) groups is 1. The number of benzene rings is 2. The summed E-state index contributed by atoms with van der Waals surface area (Å²) in [7, 11) is -3.81. The van der Waals surface area contributed by atoms with Gasteiger partial charge in [-0.25, -0.2) is 8.42 Å². The van der Waals surface area contributed by atoms with Gasteiger partial charge >= 0.3 is 0 Å². The standard InChI is InChI=1S/C19H18N4O4S2/c1-12-5-3-4-6-16(12)18(24)21-19(28)20-14-7-9-15(10-8-14)29(25,26)23-17-11-13(2)27-22-17/h3-11H,1-2H3,(H,22,23)(H2,20,21,24,28). The summed E-state index contributed by atoms with van der Waals surface area (Å²) in [5, 5.41) is 9.16. The Balaban J connectivity index is 1.63. The van der Waals surface area contributed by atoms with Crippen LogP contribution >= 0.6 is 12.2 Å². The number of hydrogen-bond donors (Lipinski definition) is 3. The molecule has 3 aromatic rings.